The molecule has 1 aromatic heterocycles. The summed E-state index contributed by atoms with van der Waals surface area (Å²) < 4.78 is 5.51. The van der Waals surface area contributed by atoms with E-state index in [1.54, 1.807) is 0 Å². The lowest BCUT2D eigenvalue weighted by molar-refractivity contribution is 0.129. The summed E-state index contributed by atoms with van der Waals surface area (Å²) in [6.07, 6.45) is 7.12. The van der Waals surface area contributed by atoms with Gasteiger partial charge >= 0.3 is 0 Å². The molecule has 0 saturated heterocycles. The van der Waals surface area contributed by atoms with Crippen molar-refractivity contribution in [3.63, 3.8) is 0 Å². The first-order valence-corrected chi connectivity index (χ1v) is 7.58. The number of unbranched alkanes of at least 4 members (excludes halogenated alkanes) is 1. The zero-order valence-corrected chi connectivity index (χ0v) is 13.0. The number of nitrogens with zero attached hydrogens (tertiary/aromatic N) is 2. The molecule has 1 heterocycles. The van der Waals surface area contributed by atoms with E-state index in [9.17, 15) is 0 Å². The second-order valence-electron chi connectivity index (χ2n) is 5.21. The summed E-state index contributed by atoms with van der Waals surface area (Å²) in [6.45, 7) is 9.79. The van der Waals surface area contributed by atoms with E-state index in [-0.39, 0.29) is 0 Å². The highest BCUT2D eigenvalue weighted by atomic mass is 16.5. The molecule has 0 saturated carbocycles. The summed E-state index contributed by atoms with van der Waals surface area (Å²) in [6, 6.07) is 0.353. The van der Waals surface area contributed by atoms with E-state index in [4.69, 9.17) is 4.74 Å². The van der Waals surface area contributed by atoms with Gasteiger partial charge in [0, 0.05) is 43.8 Å². The van der Waals surface area contributed by atoms with Crippen LogP contribution < -0.4 is 10.6 Å². The maximum atomic E-state index is 5.51. The molecule has 0 aromatic carbocycles. The van der Waals surface area contributed by atoms with E-state index in [1.165, 1.54) is 6.42 Å². The Morgan fingerprint density at radius 2 is 1.85 bits per heavy atom. The monoisotopic (exact) mass is 280 g/mol. The molecule has 0 aliphatic rings. The van der Waals surface area contributed by atoms with Gasteiger partial charge in [-0.2, -0.15) is 0 Å². The lowest BCUT2D eigenvalue weighted by Gasteiger charge is -2.08. The van der Waals surface area contributed by atoms with E-state index in [2.05, 4.69) is 41.4 Å². The van der Waals surface area contributed by atoms with Crippen LogP contribution in [-0.4, -0.2) is 35.8 Å². The number of rotatable bonds is 11. The van der Waals surface area contributed by atoms with Crippen molar-refractivity contribution in [1.29, 1.82) is 0 Å². The average Bonchev–Trinajstić information content (AvgIpc) is 2.43. The van der Waals surface area contributed by atoms with E-state index < -0.39 is 0 Å². The van der Waals surface area contributed by atoms with Gasteiger partial charge in [-0.3, -0.25) is 0 Å². The molecule has 0 bridgehead atoms. The summed E-state index contributed by atoms with van der Waals surface area (Å²) >= 11 is 0. The first kappa shape index (κ1) is 16.9. The van der Waals surface area contributed by atoms with Crippen molar-refractivity contribution in [3.8, 4) is 0 Å². The van der Waals surface area contributed by atoms with Crippen LogP contribution in [0.3, 0.4) is 0 Å². The molecule has 2 N–H and O–H groups in total. The van der Waals surface area contributed by atoms with Crippen molar-refractivity contribution in [2.45, 2.75) is 52.6 Å². The molecule has 0 fully saturated rings. The Hall–Kier alpha value is -1.20. The SMILES string of the molecule is CCCCOCCCNCc1cnc(NC(C)C)nc1. The van der Waals surface area contributed by atoms with Crippen LogP contribution in [0.2, 0.25) is 0 Å². The molecule has 1 rings (SSSR count). The van der Waals surface area contributed by atoms with Crippen molar-refractivity contribution < 1.29 is 4.74 Å². The third kappa shape index (κ3) is 8.07. The number of aromatic nitrogens is 2. The number of anilines is 1. The minimum Gasteiger partial charge on any atom is -0.381 e. The quantitative estimate of drug-likeness (QED) is 0.610. The van der Waals surface area contributed by atoms with Gasteiger partial charge in [0.25, 0.3) is 0 Å². The smallest absolute Gasteiger partial charge is 0.222 e. The molecule has 0 amide bonds. The molecule has 0 radical (unpaired) electrons. The zero-order chi connectivity index (χ0) is 14.6. The molecular weight excluding hydrogens is 252 g/mol. The summed E-state index contributed by atoms with van der Waals surface area (Å²) in [5.74, 6) is 0.688. The Morgan fingerprint density at radius 1 is 1.15 bits per heavy atom. The molecule has 0 aliphatic heterocycles. The van der Waals surface area contributed by atoms with Gasteiger partial charge in [0.05, 0.1) is 0 Å². The fourth-order valence-corrected chi connectivity index (χ4v) is 1.66. The van der Waals surface area contributed by atoms with Crippen molar-refractivity contribution >= 4 is 5.95 Å². The summed E-state index contributed by atoms with van der Waals surface area (Å²) in [5.41, 5.74) is 1.10. The molecule has 5 heteroatoms. The predicted molar refractivity (Wildman–Crippen MR) is 82.8 cm³/mol. The number of hydrogen-bond donors (Lipinski definition) is 2. The highest BCUT2D eigenvalue weighted by Crippen LogP contribution is 2.01. The van der Waals surface area contributed by atoms with Gasteiger partial charge in [0.2, 0.25) is 5.95 Å². The topological polar surface area (TPSA) is 59.1 Å². The lowest BCUT2D eigenvalue weighted by atomic mass is 10.3. The molecular formula is C15H28N4O. The minimum absolute atomic E-state index is 0.353. The van der Waals surface area contributed by atoms with Crippen molar-refractivity contribution in [3.05, 3.63) is 18.0 Å². The first-order chi connectivity index (χ1) is 9.72. The van der Waals surface area contributed by atoms with Gasteiger partial charge in [-0.05, 0) is 33.2 Å². The third-order valence-corrected chi connectivity index (χ3v) is 2.74. The summed E-state index contributed by atoms with van der Waals surface area (Å²) in [7, 11) is 0. The Bertz CT molecular complexity index is 340. The zero-order valence-electron chi connectivity index (χ0n) is 13.0. The van der Waals surface area contributed by atoms with Crippen LogP contribution in [0.4, 0.5) is 5.95 Å². The van der Waals surface area contributed by atoms with Crippen molar-refractivity contribution in [1.82, 2.24) is 15.3 Å². The Morgan fingerprint density at radius 3 is 2.50 bits per heavy atom. The van der Waals surface area contributed by atoms with Gasteiger partial charge in [-0.15, -0.1) is 0 Å². The Kier molecular flexibility index (Phi) is 8.91. The van der Waals surface area contributed by atoms with E-state index in [0.29, 0.717) is 12.0 Å². The van der Waals surface area contributed by atoms with Gasteiger partial charge < -0.3 is 15.4 Å². The summed E-state index contributed by atoms with van der Waals surface area (Å²) in [4.78, 5) is 8.56. The average molecular weight is 280 g/mol. The Balaban J connectivity index is 2.07. The lowest BCUT2D eigenvalue weighted by Crippen LogP contribution is -2.17. The molecule has 0 spiro atoms. The van der Waals surface area contributed by atoms with Crippen LogP contribution in [0.15, 0.2) is 12.4 Å². The highest BCUT2D eigenvalue weighted by Gasteiger charge is 1.99. The van der Waals surface area contributed by atoms with Gasteiger partial charge in [0.15, 0.2) is 0 Å². The Labute approximate surface area is 122 Å². The van der Waals surface area contributed by atoms with Crippen molar-refractivity contribution in [2.75, 3.05) is 25.1 Å². The maximum absolute atomic E-state index is 5.51. The van der Waals surface area contributed by atoms with Crippen LogP contribution in [0.1, 0.15) is 45.6 Å². The minimum atomic E-state index is 0.353. The van der Waals surface area contributed by atoms with Crippen LogP contribution >= 0.6 is 0 Å². The molecule has 0 aliphatic carbocycles. The first-order valence-electron chi connectivity index (χ1n) is 7.58. The van der Waals surface area contributed by atoms with Crippen molar-refractivity contribution in [2.24, 2.45) is 0 Å². The molecule has 114 valence electrons. The third-order valence-electron chi connectivity index (χ3n) is 2.74. The molecule has 5 nitrogen and oxygen atoms in total. The normalized spacial score (nSPS) is 11.0. The van der Waals surface area contributed by atoms with Crippen LogP contribution in [-0.2, 0) is 11.3 Å². The van der Waals surface area contributed by atoms with E-state index in [0.717, 1.165) is 44.7 Å². The van der Waals surface area contributed by atoms with Gasteiger partial charge in [-0.1, -0.05) is 13.3 Å². The molecule has 1 aromatic rings. The maximum Gasteiger partial charge on any atom is 0.222 e. The van der Waals surface area contributed by atoms with Crippen LogP contribution in [0.25, 0.3) is 0 Å². The molecule has 0 unspecified atom stereocenters. The van der Waals surface area contributed by atoms with Crippen LogP contribution in [0, 0.1) is 0 Å². The molecule has 20 heavy (non-hydrogen) atoms. The van der Waals surface area contributed by atoms with Crippen LogP contribution in [0.5, 0.6) is 0 Å². The highest BCUT2D eigenvalue weighted by molar-refractivity contribution is 5.25. The largest absolute Gasteiger partial charge is 0.381 e. The standard InChI is InChI=1S/C15H28N4O/c1-4-5-8-20-9-6-7-16-10-14-11-17-15(18-12-14)19-13(2)3/h11-13,16H,4-10H2,1-3H3,(H,17,18,19). The second kappa shape index (κ2) is 10.6. The van der Waals surface area contributed by atoms with Gasteiger partial charge in [-0.25, -0.2) is 9.97 Å². The number of nitrogens with one attached hydrogen (secondary N) is 2. The van der Waals surface area contributed by atoms with E-state index in [1.807, 2.05) is 12.4 Å². The number of hydrogen-bond acceptors (Lipinski definition) is 5. The fraction of sp³-hybridized carbons (Fsp3) is 0.733. The summed E-state index contributed by atoms with van der Waals surface area (Å²) in [5, 5.41) is 6.55. The van der Waals surface area contributed by atoms with E-state index >= 15 is 0 Å². The van der Waals surface area contributed by atoms with Gasteiger partial charge in [0.1, 0.15) is 0 Å². The fourth-order valence-electron chi connectivity index (χ4n) is 1.66. The second-order valence-corrected chi connectivity index (χ2v) is 5.21. The molecule has 0 atom stereocenters. The number of ether oxygens (including phenoxy) is 1. The predicted octanol–water partition coefficient (Wildman–Crippen LogP) is 2.59.